The molecule has 0 bridgehead atoms. The SMILES string of the molecule is FC(F)(F)c1cc([B-](c2cc(C(F)(F)F)cc(C(F)(F)F)c2)(c2cc(C(F)(F)F)cc(C(F)(F)F)c2)c2cc(C(F)(F)F)cc(C(F)(F)F)c2)cc(C(F)(F)F)c1.O=C(C[n+]1ccncc1)c1ccccc1O. The second-order valence-corrected chi connectivity index (χ2v) is 15.6. The van der Waals surface area contributed by atoms with Crippen LogP contribution in [0.2, 0.25) is 0 Å². The van der Waals surface area contributed by atoms with Gasteiger partial charge in [0.05, 0.1) is 62.5 Å². The maximum Gasteiger partial charge on any atom is 0.416 e. The number of carbonyl (C=O) groups excluding carboxylic acids is 1. The van der Waals surface area contributed by atoms with Crippen molar-refractivity contribution in [3.05, 3.63) is 172 Å². The molecule has 0 aliphatic rings. The van der Waals surface area contributed by atoms with Crippen molar-refractivity contribution >= 4 is 33.8 Å². The molecule has 0 aliphatic carbocycles. The summed E-state index contributed by atoms with van der Waals surface area (Å²) in [5.41, 5.74) is -29.9. The average Bonchev–Trinajstić information content (AvgIpc) is 3.24. The Kier molecular flexibility index (Phi) is 15.2. The fourth-order valence-electron chi connectivity index (χ4n) is 7.48. The molecule has 0 aliphatic heterocycles. The van der Waals surface area contributed by atoms with Gasteiger partial charge in [0, 0.05) is 0 Å². The summed E-state index contributed by atoms with van der Waals surface area (Å²) >= 11 is 0. The minimum Gasteiger partial charge on any atom is -0.507 e. The highest BCUT2D eigenvalue weighted by Gasteiger charge is 2.47. The van der Waals surface area contributed by atoms with Gasteiger partial charge in [0.2, 0.25) is 12.3 Å². The van der Waals surface area contributed by atoms with Gasteiger partial charge in [-0.25, -0.2) is 0 Å². The van der Waals surface area contributed by atoms with Crippen molar-refractivity contribution in [1.82, 2.24) is 4.98 Å². The number of ketones is 1. The van der Waals surface area contributed by atoms with Gasteiger partial charge < -0.3 is 5.11 Å². The lowest BCUT2D eigenvalue weighted by atomic mass is 9.12. The third-order valence-corrected chi connectivity index (χ3v) is 10.7. The van der Waals surface area contributed by atoms with E-state index >= 15 is 0 Å². The van der Waals surface area contributed by atoms with Crippen LogP contribution in [0.15, 0.2) is 122 Å². The summed E-state index contributed by atoms with van der Waals surface area (Å²) in [5, 5.41) is 9.52. The molecule has 0 radical (unpaired) electrons. The Morgan fingerprint density at radius 2 is 0.630 bits per heavy atom. The van der Waals surface area contributed by atoms with Gasteiger partial charge in [-0.2, -0.15) is 132 Å². The lowest BCUT2D eigenvalue weighted by Gasteiger charge is -2.46. The first-order valence-electron chi connectivity index (χ1n) is 19.5. The monoisotopic (exact) mass is 1080 g/mol. The molecule has 1 heterocycles. The highest BCUT2D eigenvalue weighted by molar-refractivity contribution is 7.20. The number of phenols is 1. The van der Waals surface area contributed by atoms with Crippen molar-refractivity contribution in [2.75, 3.05) is 0 Å². The summed E-state index contributed by atoms with van der Waals surface area (Å²) in [5.74, 6) is -0.114. The van der Waals surface area contributed by atoms with E-state index in [9.17, 15) is 115 Å². The Morgan fingerprint density at radius 3 is 0.849 bits per heavy atom. The number of nitrogens with zero attached hydrogens (tertiary/aromatic N) is 2. The summed E-state index contributed by atoms with van der Waals surface area (Å²) in [6.45, 7) is 0.195. The van der Waals surface area contributed by atoms with E-state index in [4.69, 9.17) is 0 Å². The van der Waals surface area contributed by atoms with Crippen LogP contribution in [0.1, 0.15) is 54.9 Å². The smallest absolute Gasteiger partial charge is 0.416 e. The average molecular weight is 1080 g/mol. The third-order valence-electron chi connectivity index (χ3n) is 10.7. The van der Waals surface area contributed by atoms with Crippen LogP contribution < -0.4 is 26.4 Å². The molecule has 0 atom stereocenters. The van der Waals surface area contributed by atoms with Gasteiger partial charge in [0.15, 0.2) is 12.4 Å². The van der Waals surface area contributed by atoms with Crippen LogP contribution in [0.25, 0.3) is 0 Å². The van der Waals surface area contributed by atoms with Crippen LogP contribution in [0.3, 0.4) is 0 Å². The Morgan fingerprint density at radius 1 is 0.397 bits per heavy atom. The number of halogens is 24. The highest BCUT2D eigenvalue weighted by Crippen LogP contribution is 2.41. The molecule has 6 rings (SSSR count). The summed E-state index contributed by atoms with van der Waals surface area (Å²) < 4.78 is 343. The van der Waals surface area contributed by atoms with Gasteiger partial charge >= 0.3 is 49.4 Å². The predicted molar refractivity (Wildman–Crippen MR) is 207 cm³/mol. The van der Waals surface area contributed by atoms with Gasteiger partial charge in [0.1, 0.15) is 11.9 Å². The summed E-state index contributed by atoms with van der Waals surface area (Å²) in [6, 6.07) is -2.28. The zero-order valence-electron chi connectivity index (χ0n) is 35.2. The van der Waals surface area contributed by atoms with Gasteiger partial charge in [-0.3, -0.25) is 9.78 Å². The molecule has 1 aromatic heterocycles. The molecule has 0 spiro atoms. The number of hydrogen-bond acceptors (Lipinski definition) is 3. The van der Waals surface area contributed by atoms with Crippen LogP contribution in [0, 0.1) is 0 Å². The van der Waals surface area contributed by atoms with E-state index in [0.717, 1.165) is 0 Å². The minimum atomic E-state index is -6.13. The number of para-hydroxylation sites is 1. The van der Waals surface area contributed by atoms with E-state index in [1.165, 1.54) is 6.07 Å². The fourth-order valence-corrected chi connectivity index (χ4v) is 7.48. The van der Waals surface area contributed by atoms with E-state index in [1.807, 2.05) is 0 Å². The number of carbonyl (C=O) groups is 1. The van der Waals surface area contributed by atoms with Crippen molar-refractivity contribution in [2.24, 2.45) is 0 Å². The lowest BCUT2D eigenvalue weighted by Crippen LogP contribution is -2.75. The second kappa shape index (κ2) is 19.5. The van der Waals surface area contributed by atoms with Crippen molar-refractivity contribution in [2.45, 2.75) is 56.0 Å². The number of rotatable bonds is 7. The largest absolute Gasteiger partial charge is 0.507 e. The summed E-state index contributed by atoms with van der Waals surface area (Å²) in [4.78, 5) is 15.7. The zero-order valence-corrected chi connectivity index (χ0v) is 35.2. The topological polar surface area (TPSA) is 54.1 Å². The number of benzene rings is 5. The molecule has 0 unspecified atom stereocenters. The second-order valence-electron chi connectivity index (χ2n) is 15.6. The normalized spacial score (nSPS) is 13.4. The Hall–Kier alpha value is -6.97. The van der Waals surface area contributed by atoms with Crippen LogP contribution in [0.4, 0.5) is 105 Å². The van der Waals surface area contributed by atoms with Crippen LogP contribution in [0.5, 0.6) is 5.75 Å². The number of aromatic hydroxyl groups is 1. The summed E-state index contributed by atoms with van der Waals surface area (Å²) in [6.07, 6.45) is -48.2. The Balaban J connectivity index is 0.000000520. The maximum absolute atomic E-state index is 14.2. The first-order chi connectivity index (χ1) is 33.0. The number of aromatic nitrogens is 2. The van der Waals surface area contributed by atoms with Crippen molar-refractivity contribution in [3.63, 3.8) is 0 Å². The molecule has 0 fully saturated rings. The van der Waals surface area contributed by atoms with E-state index in [2.05, 4.69) is 4.98 Å². The first-order valence-corrected chi connectivity index (χ1v) is 19.5. The molecule has 6 aromatic rings. The van der Waals surface area contributed by atoms with E-state index in [1.54, 1.807) is 47.6 Å². The molecule has 0 saturated carbocycles. The van der Waals surface area contributed by atoms with E-state index in [0.29, 0.717) is 5.56 Å². The molecular weight excluding hydrogens is 1060 g/mol. The fraction of sp³-hybridized carbons (Fsp3) is 0.205. The molecule has 0 amide bonds. The van der Waals surface area contributed by atoms with Gasteiger partial charge in [-0.15, -0.1) is 0 Å². The van der Waals surface area contributed by atoms with Crippen molar-refractivity contribution in [1.29, 1.82) is 0 Å². The maximum atomic E-state index is 14.2. The van der Waals surface area contributed by atoms with Crippen LogP contribution in [-0.4, -0.2) is 22.0 Å². The molecule has 29 heteroatoms. The number of Topliss-reactive ketones (excluding diaryl/α,β-unsaturated/α-hetero) is 1. The van der Waals surface area contributed by atoms with Crippen LogP contribution >= 0.6 is 0 Å². The van der Waals surface area contributed by atoms with Crippen LogP contribution in [-0.2, 0) is 56.0 Å². The van der Waals surface area contributed by atoms with E-state index in [-0.39, 0.29) is 18.1 Å². The molecule has 4 nitrogen and oxygen atoms in total. The lowest BCUT2D eigenvalue weighted by molar-refractivity contribution is -0.683. The highest BCUT2D eigenvalue weighted by atomic mass is 19.4. The van der Waals surface area contributed by atoms with Gasteiger partial charge in [-0.1, -0.05) is 60.7 Å². The number of hydrogen-bond donors (Lipinski definition) is 1. The minimum absolute atomic E-state index is 0.0159. The summed E-state index contributed by atoms with van der Waals surface area (Å²) in [7, 11) is 0. The molecular formula is C44H23BF24N2O2. The quantitative estimate of drug-likeness (QED) is 0.0750. The molecule has 73 heavy (non-hydrogen) atoms. The molecule has 5 aromatic carbocycles. The predicted octanol–water partition coefficient (Wildman–Crippen LogP) is 12.2. The number of alkyl halides is 24. The Bertz CT molecular complexity index is 2530. The van der Waals surface area contributed by atoms with E-state index < -0.39 is 195 Å². The zero-order chi connectivity index (χ0) is 55.3. The van der Waals surface area contributed by atoms with Crippen molar-refractivity contribution in [3.8, 4) is 5.75 Å². The van der Waals surface area contributed by atoms with Gasteiger partial charge in [-0.05, 0) is 36.4 Å². The number of phenolic OH excluding ortho intramolecular Hbond substituents is 1. The first kappa shape index (κ1) is 56.9. The third kappa shape index (κ3) is 13.2. The van der Waals surface area contributed by atoms with Gasteiger partial charge in [0.25, 0.3) is 0 Å². The molecule has 392 valence electrons. The molecule has 1 N–H and O–H groups in total. The Labute approximate surface area is 392 Å². The van der Waals surface area contributed by atoms with Crippen molar-refractivity contribution < 1.29 is 120 Å². The standard InChI is InChI=1S/C32H12BF24.C12H10N2O2/c34-25(35,36)13-1-14(26(37,38)39)6-21(5-13)33(22-7-15(27(40,41)42)2-16(8-22)28(43,44)45,23-9-17(29(46,47)48)3-18(10-23)30(49,50)51)24-11-19(31(52,53)54)4-20(12-24)32(55,56)57;15-11-4-2-1-3-10(11)12(16)9-14-7-5-13-6-8-14/h1-12H;1-8H,9H2/q-1;/p+1. The molecule has 0 saturated heterocycles.